The highest BCUT2D eigenvalue weighted by Gasteiger charge is 2.38. The molecule has 15 nitrogen and oxygen atoms in total. The Morgan fingerprint density at radius 2 is 1.55 bits per heavy atom. The summed E-state index contributed by atoms with van der Waals surface area (Å²) in [6, 6.07) is 30.5. The van der Waals surface area contributed by atoms with Gasteiger partial charge in [-0.3, -0.25) is 13.9 Å². The fourth-order valence-electron chi connectivity index (χ4n) is 5.97. The van der Waals surface area contributed by atoms with Crippen LogP contribution in [0.25, 0.3) is 21.9 Å². The van der Waals surface area contributed by atoms with Crippen LogP contribution in [0.5, 0.6) is 0 Å². The summed E-state index contributed by atoms with van der Waals surface area (Å²) in [6.07, 6.45) is -0.344. The highest BCUT2D eigenvalue weighted by molar-refractivity contribution is 7.46. The minimum atomic E-state index is -4.66. The van der Waals surface area contributed by atoms with Crippen LogP contribution in [0, 0.1) is 0 Å². The predicted molar refractivity (Wildman–Crippen MR) is 202 cm³/mol. The minimum absolute atomic E-state index is 0.0783. The second-order valence-electron chi connectivity index (χ2n) is 13.0. The number of hydrogen-bond donors (Lipinski definition) is 4. The summed E-state index contributed by atoms with van der Waals surface area (Å²) in [6.45, 7) is 2.09. The van der Waals surface area contributed by atoms with Crippen molar-refractivity contribution in [2.45, 2.75) is 45.1 Å². The van der Waals surface area contributed by atoms with Crippen LogP contribution in [0.3, 0.4) is 0 Å². The molecule has 0 aliphatic rings. The zero-order valence-corrected chi connectivity index (χ0v) is 31.1. The third-order valence-electron chi connectivity index (χ3n) is 8.84. The number of carbonyl (C=O) groups excluding carboxylic acids is 4. The van der Waals surface area contributed by atoms with E-state index < -0.39 is 50.3 Å². The molecule has 0 aliphatic carbocycles. The molecule has 0 saturated heterocycles. The summed E-state index contributed by atoms with van der Waals surface area (Å²) in [5, 5.41) is 7.17. The standard InChI is InChI=1S/C40H38N3O12P/c1-26(28-10-4-3-5-11-28)41-37(45)40(2,42-38(46)51-24-32-20-30-12-6-9-15-35(30)55-32)21-31-22-43(34-14-8-7-13-33(31)34)39(47)53-25-52-36(44)29-18-16-27(17-19-29)23-54-56(48,49)50/h3-20,22,26H,21,23-25H2,1-2H3,(H,41,45)(H,42,46)(H2,48,49,50)/t26-,40?/m0/s1. The molecule has 0 aliphatic heterocycles. The van der Waals surface area contributed by atoms with Crippen molar-refractivity contribution >= 4 is 53.8 Å². The number of phosphoric ester groups is 1. The summed E-state index contributed by atoms with van der Waals surface area (Å²) in [5.74, 6) is -0.909. The molecule has 2 atom stereocenters. The van der Waals surface area contributed by atoms with Gasteiger partial charge in [-0.25, -0.2) is 18.9 Å². The number of fused-ring (bicyclic) bond motifs is 2. The van der Waals surface area contributed by atoms with E-state index >= 15 is 0 Å². The second kappa shape index (κ2) is 17.0. The first-order valence-corrected chi connectivity index (χ1v) is 18.8. The molecule has 4 aromatic carbocycles. The summed E-state index contributed by atoms with van der Waals surface area (Å²) in [4.78, 5) is 71.1. The van der Waals surface area contributed by atoms with Crippen molar-refractivity contribution in [2.75, 3.05) is 6.79 Å². The van der Waals surface area contributed by atoms with E-state index in [1.165, 1.54) is 35.0 Å². The van der Waals surface area contributed by atoms with E-state index in [1.54, 1.807) is 43.3 Å². The lowest BCUT2D eigenvalue weighted by atomic mass is 9.91. The van der Waals surface area contributed by atoms with Crippen molar-refractivity contribution in [1.29, 1.82) is 0 Å². The van der Waals surface area contributed by atoms with Gasteiger partial charge in [0.15, 0.2) is 6.61 Å². The molecule has 1 unspecified atom stereocenters. The number of carbonyl (C=O) groups is 4. The van der Waals surface area contributed by atoms with Crippen LogP contribution in [-0.4, -0.2) is 50.7 Å². The zero-order valence-electron chi connectivity index (χ0n) is 30.2. The van der Waals surface area contributed by atoms with E-state index in [2.05, 4.69) is 15.2 Å². The lowest BCUT2D eigenvalue weighted by molar-refractivity contribution is -0.127. The van der Waals surface area contributed by atoms with Crippen LogP contribution < -0.4 is 10.6 Å². The third-order valence-corrected chi connectivity index (χ3v) is 9.31. The Balaban J connectivity index is 1.16. The van der Waals surface area contributed by atoms with E-state index in [-0.39, 0.29) is 25.2 Å². The van der Waals surface area contributed by atoms with Gasteiger partial charge in [0.2, 0.25) is 12.7 Å². The number of aromatic nitrogens is 1. The molecule has 0 saturated carbocycles. The summed E-state index contributed by atoms with van der Waals surface area (Å²) < 4.78 is 38.3. The largest absolute Gasteiger partial charge is 0.469 e. The van der Waals surface area contributed by atoms with Crippen molar-refractivity contribution in [3.63, 3.8) is 0 Å². The number of amides is 2. The number of nitrogens with zero attached hydrogens (tertiary/aromatic N) is 1. The van der Waals surface area contributed by atoms with Gasteiger partial charge in [0.25, 0.3) is 0 Å². The molecular formula is C40H38N3O12P. The predicted octanol–water partition coefficient (Wildman–Crippen LogP) is 6.90. The van der Waals surface area contributed by atoms with Crippen LogP contribution in [0.4, 0.5) is 9.59 Å². The van der Waals surface area contributed by atoms with Crippen LogP contribution >= 0.6 is 7.82 Å². The van der Waals surface area contributed by atoms with Gasteiger partial charge in [0, 0.05) is 23.4 Å². The maximum Gasteiger partial charge on any atom is 0.469 e. The number of alkyl carbamates (subject to hydrolysis) is 1. The molecule has 0 radical (unpaired) electrons. The number of ether oxygens (including phenoxy) is 3. The molecule has 0 bridgehead atoms. The number of nitrogens with one attached hydrogen (secondary N) is 2. The molecule has 2 amide bonds. The first-order valence-electron chi connectivity index (χ1n) is 17.3. The minimum Gasteiger partial charge on any atom is -0.457 e. The van der Waals surface area contributed by atoms with Crippen molar-refractivity contribution in [2.24, 2.45) is 0 Å². The Bertz CT molecular complexity index is 2370. The van der Waals surface area contributed by atoms with E-state index in [9.17, 15) is 23.7 Å². The van der Waals surface area contributed by atoms with Gasteiger partial charge in [-0.2, -0.15) is 0 Å². The van der Waals surface area contributed by atoms with Gasteiger partial charge in [-0.05, 0) is 60.9 Å². The molecule has 6 rings (SSSR count). The zero-order chi connectivity index (χ0) is 39.9. The van der Waals surface area contributed by atoms with Crippen molar-refractivity contribution in [3.05, 3.63) is 143 Å². The number of phosphoric acid groups is 1. The van der Waals surface area contributed by atoms with Gasteiger partial charge < -0.3 is 39.0 Å². The molecule has 2 heterocycles. The molecule has 56 heavy (non-hydrogen) atoms. The van der Waals surface area contributed by atoms with Crippen LogP contribution in [0.1, 0.15) is 52.7 Å². The van der Waals surface area contributed by atoms with Gasteiger partial charge in [-0.15, -0.1) is 0 Å². The topological polar surface area (TPSA) is 205 Å². The Kier molecular flexibility index (Phi) is 12.0. The Labute approximate surface area is 320 Å². The van der Waals surface area contributed by atoms with Gasteiger partial charge >= 0.3 is 26.0 Å². The van der Waals surface area contributed by atoms with Crippen molar-refractivity contribution in [1.82, 2.24) is 15.2 Å². The molecule has 0 fully saturated rings. The molecule has 0 spiro atoms. The van der Waals surface area contributed by atoms with E-state index in [0.717, 1.165) is 10.9 Å². The Hall–Kier alpha value is -6.25. The lowest BCUT2D eigenvalue weighted by Gasteiger charge is -2.30. The van der Waals surface area contributed by atoms with Gasteiger partial charge in [0.1, 0.15) is 16.9 Å². The van der Waals surface area contributed by atoms with Crippen LogP contribution in [-0.2, 0) is 47.7 Å². The fourth-order valence-corrected chi connectivity index (χ4v) is 6.29. The van der Waals surface area contributed by atoms with E-state index in [0.29, 0.717) is 33.4 Å². The average molecular weight is 784 g/mol. The van der Waals surface area contributed by atoms with Crippen LogP contribution in [0.2, 0.25) is 0 Å². The highest BCUT2D eigenvalue weighted by atomic mass is 31.2. The fraction of sp³-hybridized carbons (Fsp3) is 0.200. The van der Waals surface area contributed by atoms with E-state index in [1.807, 2.05) is 55.5 Å². The average Bonchev–Trinajstić information content (AvgIpc) is 3.77. The lowest BCUT2D eigenvalue weighted by Crippen LogP contribution is -2.58. The molecule has 4 N–H and O–H groups in total. The summed E-state index contributed by atoms with van der Waals surface area (Å²) in [7, 11) is -4.66. The number of hydrogen-bond acceptors (Lipinski definition) is 10. The van der Waals surface area contributed by atoms with Gasteiger partial charge in [0.05, 0.1) is 23.7 Å². The Morgan fingerprint density at radius 1 is 0.857 bits per heavy atom. The first kappa shape index (κ1) is 39.4. The first-order chi connectivity index (χ1) is 26.8. The number of benzene rings is 4. The molecule has 6 aromatic rings. The smallest absolute Gasteiger partial charge is 0.457 e. The molecule has 2 aromatic heterocycles. The van der Waals surface area contributed by atoms with Gasteiger partial charge in [-0.1, -0.05) is 78.9 Å². The summed E-state index contributed by atoms with van der Waals surface area (Å²) >= 11 is 0. The SMILES string of the molecule is C[C@H](NC(=O)C(C)(Cc1cn(C(=O)OCOC(=O)c2ccc(COP(=O)(O)O)cc2)c2ccccc12)NC(=O)OCc1cc2ccccc2o1)c1ccccc1. The Morgan fingerprint density at radius 3 is 2.29 bits per heavy atom. The molecule has 290 valence electrons. The maximum absolute atomic E-state index is 14.1. The second-order valence-corrected chi connectivity index (χ2v) is 14.3. The number of rotatable bonds is 14. The molecule has 16 heteroatoms. The third kappa shape index (κ3) is 9.88. The van der Waals surface area contributed by atoms with Crippen molar-refractivity contribution < 1.29 is 56.7 Å². The molecular weight excluding hydrogens is 745 g/mol. The number of esters is 1. The van der Waals surface area contributed by atoms with Crippen molar-refractivity contribution in [3.8, 4) is 0 Å². The highest BCUT2D eigenvalue weighted by Crippen LogP contribution is 2.37. The number of furan rings is 1. The van der Waals surface area contributed by atoms with E-state index in [4.69, 9.17) is 28.4 Å². The normalized spacial score (nSPS) is 13.1. The maximum atomic E-state index is 14.1. The van der Waals surface area contributed by atoms with Crippen LogP contribution in [0.15, 0.2) is 120 Å². The number of para-hydroxylation sites is 2. The monoisotopic (exact) mass is 783 g/mol. The quantitative estimate of drug-likeness (QED) is 0.0506. The summed E-state index contributed by atoms with van der Waals surface area (Å²) in [5.41, 5.74) is 1.33.